The van der Waals surface area contributed by atoms with Gasteiger partial charge in [0.05, 0.1) is 6.61 Å². The van der Waals surface area contributed by atoms with Crippen molar-refractivity contribution >= 4 is 11.9 Å². The molecule has 0 radical (unpaired) electrons. The first-order valence-corrected chi connectivity index (χ1v) is 7.12. The first kappa shape index (κ1) is 17.0. The minimum Gasteiger partial charge on any atom is -0.483 e. The van der Waals surface area contributed by atoms with E-state index < -0.39 is 5.97 Å². The Hall–Kier alpha value is -2.04. The maximum Gasteiger partial charge on any atom is 0.325 e. The van der Waals surface area contributed by atoms with Gasteiger partial charge < -0.3 is 14.4 Å². The summed E-state index contributed by atoms with van der Waals surface area (Å²) >= 11 is 0. The van der Waals surface area contributed by atoms with E-state index in [1.807, 2.05) is 39.0 Å². The van der Waals surface area contributed by atoms with Crippen molar-refractivity contribution < 1.29 is 19.1 Å². The molecular formula is C16H23NO4. The second kappa shape index (κ2) is 8.29. The third-order valence-electron chi connectivity index (χ3n) is 3.27. The van der Waals surface area contributed by atoms with E-state index in [1.165, 1.54) is 4.90 Å². The van der Waals surface area contributed by atoms with Gasteiger partial charge in [0.25, 0.3) is 5.91 Å². The van der Waals surface area contributed by atoms with Crippen LogP contribution in [-0.4, -0.2) is 43.1 Å². The van der Waals surface area contributed by atoms with Crippen LogP contribution in [0.5, 0.6) is 5.75 Å². The van der Waals surface area contributed by atoms with Gasteiger partial charge in [-0.25, -0.2) is 0 Å². The molecule has 1 rings (SSSR count). The Kier molecular flexibility index (Phi) is 6.72. The number of aryl methyl sites for hydroxylation is 1. The molecule has 1 aromatic rings. The van der Waals surface area contributed by atoms with Crippen molar-refractivity contribution in [1.82, 2.24) is 4.90 Å². The highest BCUT2D eigenvalue weighted by Crippen LogP contribution is 2.20. The molecule has 21 heavy (non-hydrogen) atoms. The van der Waals surface area contributed by atoms with E-state index in [0.717, 1.165) is 11.1 Å². The number of carbonyl (C=O) groups excluding carboxylic acids is 2. The van der Waals surface area contributed by atoms with Crippen LogP contribution in [0.25, 0.3) is 0 Å². The zero-order valence-electron chi connectivity index (χ0n) is 13.1. The molecule has 0 saturated heterocycles. The van der Waals surface area contributed by atoms with Gasteiger partial charge in [-0.15, -0.1) is 0 Å². The lowest BCUT2D eigenvalue weighted by Crippen LogP contribution is -2.39. The van der Waals surface area contributed by atoms with Crippen LogP contribution < -0.4 is 4.74 Å². The largest absolute Gasteiger partial charge is 0.483 e. The first-order chi connectivity index (χ1) is 9.99. The summed E-state index contributed by atoms with van der Waals surface area (Å²) in [7, 11) is 0. The minimum absolute atomic E-state index is 0.0423. The Labute approximate surface area is 125 Å². The summed E-state index contributed by atoms with van der Waals surface area (Å²) in [6.45, 7) is 8.11. The number of nitrogens with zero attached hydrogens (tertiary/aromatic N) is 1. The molecule has 116 valence electrons. The van der Waals surface area contributed by atoms with Crippen LogP contribution in [-0.2, 0) is 14.3 Å². The van der Waals surface area contributed by atoms with Gasteiger partial charge in [-0.2, -0.15) is 0 Å². The summed E-state index contributed by atoms with van der Waals surface area (Å²) in [6, 6.07) is 5.71. The minimum atomic E-state index is -0.403. The maximum absolute atomic E-state index is 12.1. The van der Waals surface area contributed by atoms with Gasteiger partial charge in [0.1, 0.15) is 12.3 Å². The topological polar surface area (TPSA) is 55.8 Å². The molecule has 0 aliphatic carbocycles. The van der Waals surface area contributed by atoms with Crippen molar-refractivity contribution in [2.24, 2.45) is 0 Å². The van der Waals surface area contributed by atoms with Gasteiger partial charge >= 0.3 is 5.97 Å². The van der Waals surface area contributed by atoms with Crippen molar-refractivity contribution in [1.29, 1.82) is 0 Å². The average Bonchev–Trinajstić information content (AvgIpc) is 2.46. The highest BCUT2D eigenvalue weighted by atomic mass is 16.5. The average molecular weight is 293 g/mol. The molecule has 0 spiro atoms. The molecule has 1 amide bonds. The van der Waals surface area contributed by atoms with Crippen molar-refractivity contribution in [3.63, 3.8) is 0 Å². The lowest BCUT2D eigenvalue weighted by atomic mass is 10.1. The van der Waals surface area contributed by atoms with Crippen molar-refractivity contribution in [3.8, 4) is 5.75 Å². The summed E-state index contributed by atoms with van der Waals surface area (Å²) in [4.78, 5) is 24.9. The molecule has 0 fully saturated rings. The van der Waals surface area contributed by atoms with Crippen LogP contribution in [0.2, 0.25) is 0 Å². The summed E-state index contributed by atoms with van der Waals surface area (Å²) in [6.07, 6.45) is 0. The second-order valence-electron chi connectivity index (χ2n) is 4.70. The zero-order chi connectivity index (χ0) is 15.8. The van der Waals surface area contributed by atoms with E-state index in [9.17, 15) is 9.59 Å². The van der Waals surface area contributed by atoms with E-state index in [1.54, 1.807) is 6.92 Å². The normalized spacial score (nSPS) is 10.1. The second-order valence-corrected chi connectivity index (χ2v) is 4.70. The van der Waals surface area contributed by atoms with Gasteiger partial charge in [-0.3, -0.25) is 9.59 Å². The summed E-state index contributed by atoms with van der Waals surface area (Å²) in [5.74, 6) is 0.0569. The van der Waals surface area contributed by atoms with Gasteiger partial charge in [0, 0.05) is 6.54 Å². The Morgan fingerprint density at radius 3 is 2.52 bits per heavy atom. The smallest absolute Gasteiger partial charge is 0.325 e. The van der Waals surface area contributed by atoms with Crippen LogP contribution in [0, 0.1) is 13.8 Å². The number of benzene rings is 1. The number of carbonyl (C=O) groups is 2. The first-order valence-electron chi connectivity index (χ1n) is 7.12. The molecule has 0 N–H and O–H groups in total. The number of esters is 1. The van der Waals surface area contributed by atoms with Gasteiger partial charge in [-0.05, 0) is 44.9 Å². The quantitative estimate of drug-likeness (QED) is 0.722. The molecule has 0 atom stereocenters. The molecule has 1 aromatic carbocycles. The molecule has 0 saturated carbocycles. The number of likely N-dealkylation sites (N-methyl/N-ethyl adjacent to an activating group) is 1. The van der Waals surface area contributed by atoms with Crippen LogP contribution in [0.1, 0.15) is 25.0 Å². The highest BCUT2D eigenvalue weighted by Gasteiger charge is 2.17. The van der Waals surface area contributed by atoms with E-state index >= 15 is 0 Å². The number of hydrogen-bond acceptors (Lipinski definition) is 4. The summed E-state index contributed by atoms with van der Waals surface area (Å²) < 4.78 is 10.4. The van der Waals surface area contributed by atoms with Crippen LogP contribution in [0.15, 0.2) is 18.2 Å². The Bertz CT molecular complexity index is 499. The molecule has 0 aliphatic rings. The standard InChI is InChI=1S/C16H23NO4/c1-5-17(10-16(19)20-6-2)15(18)11-21-14-9-7-8-12(3)13(14)4/h7-9H,5-6,10-11H2,1-4H3. The molecule has 0 unspecified atom stereocenters. The predicted molar refractivity (Wildman–Crippen MR) is 80.3 cm³/mol. The molecule has 5 heteroatoms. The fourth-order valence-electron chi connectivity index (χ4n) is 1.85. The van der Waals surface area contributed by atoms with E-state index in [-0.39, 0.29) is 19.1 Å². The Morgan fingerprint density at radius 2 is 1.90 bits per heavy atom. The number of rotatable bonds is 7. The van der Waals surface area contributed by atoms with Crippen LogP contribution >= 0.6 is 0 Å². The molecular weight excluding hydrogens is 270 g/mol. The fourth-order valence-corrected chi connectivity index (χ4v) is 1.85. The lowest BCUT2D eigenvalue weighted by Gasteiger charge is -2.20. The lowest BCUT2D eigenvalue weighted by molar-refractivity contribution is -0.149. The molecule has 0 aliphatic heterocycles. The molecule has 0 bridgehead atoms. The molecule has 5 nitrogen and oxygen atoms in total. The number of amides is 1. The van der Waals surface area contributed by atoms with Gasteiger partial charge in [0.2, 0.25) is 0 Å². The third-order valence-corrected chi connectivity index (χ3v) is 3.27. The number of hydrogen-bond donors (Lipinski definition) is 0. The van der Waals surface area contributed by atoms with Crippen LogP contribution in [0.3, 0.4) is 0 Å². The predicted octanol–water partition coefficient (Wildman–Crippen LogP) is 2.09. The van der Waals surface area contributed by atoms with Crippen molar-refractivity contribution in [2.75, 3.05) is 26.3 Å². The maximum atomic E-state index is 12.1. The van der Waals surface area contributed by atoms with Crippen molar-refractivity contribution in [3.05, 3.63) is 29.3 Å². The van der Waals surface area contributed by atoms with E-state index in [4.69, 9.17) is 9.47 Å². The molecule has 0 aromatic heterocycles. The fraction of sp³-hybridized carbons (Fsp3) is 0.500. The summed E-state index contributed by atoms with van der Waals surface area (Å²) in [5.41, 5.74) is 2.12. The van der Waals surface area contributed by atoms with Gasteiger partial charge in [-0.1, -0.05) is 12.1 Å². The van der Waals surface area contributed by atoms with E-state index in [2.05, 4.69) is 0 Å². The molecule has 0 heterocycles. The number of ether oxygens (including phenoxy) is 2. The van der Waals surface area contributed by atoms with Gasteiger partial charge in [0.15, 0.2) is 6.61 Å². The van der Waals surface area contributed by atoms with Crippen LogP contribution in [0.4, 0.5) is 0 Å². The Morgan fingerprint density at radius 1 is 1.19 bits per heavy atom. The van der Waals surface area contributed by atoms with Crippen molar-refractivity contribution in [2.45, 2.75) is 27.7 Å². The monoisotopic (exact) mass is 293 g/mol. The highest BCUT2D eigenvalue weighted by molar-refractivity contribution is 5.83. The zero-order valence-corrected chi connectivity index (χ0v) is 13.1. The Balaban J connectivity index is 2.58. The van der Waals surface area contributed by atoms with E-state index in [0.29, 0.717) is 18.9 Å². The third kappa shape index (κ3) is 5.10. The summed E-state index contributed by atoms with van der Waals surface area (Å²) in [5, 5.41) is 0. The SMILES string of the molecule is CCOC(=O)CN(CC)C(=O)COc1cccc(C)c1C.